The fourth-order valence-corrected chi connectivity index (χ4v) is 3.60. The Morgan fingerprint density at radius 3 is 2.85 bits per heavy atom. The Bertz CT molecular complexity index is 1040. The number of carboxylic acids is 1. The second-order valence-electron chi connectivity index (χ2n) is 5.88. The molecule has 0 aliphatic carbocycles. The molecular weight excluding hydrogens is 366 g/mol. The van der Waals surface area contributed by atoms with Crippen LogP contribution < -0.4 is 10.1 Å². The predicted octanol–water partition coefficient (Wildman–Crippen LogP) is 4.32. The van der Waals surface area contributed by atoms with Crippen LogP contribution in [0.3, 0.4) is 0 Å². The summed E-state index contributed by atoms with van der Waals surface area (Å²) in [5.41, 5.74) is 0.747. The van der Waals surface area contributed by atoms with Gasteiger partial charge >= 0.3 is 12.1 Å². The molecule has 8 heteroatoms. The Balaban J connectivity index is 1.79. The van der Waals surface area contributed by atoms with E-state index in [0.717, 1.165) is 41.5 Å². The van der Waals surface area contributed by atoms with Gasteiger partial charge in [0.2, 0.25) is 0 Å². The Morgan fingerprint density at radius 1 is 1.26 bits per heavy atom. The first-order valence-corrected chi connectivity index (χ1v) is 9.30. The minimum Gasteiger partial charge on any atom is -0.477 e. The summed E-state index contributed by atoms with van der Waals surface area (Å²) in [7, 11) is 0. The Hall–Kier alpha value is -3.18. The molecule has 0 unspecified atom stereocenters. The van der Waals surface area contributed by atoms with Crippen LogP contribution in [0.15, 0.2) is 30.3 Å². The van der Waals surface area contributed by atoms with Crippen LogP contribution in [0.2, 0.25) is 0 Å². The number of aromatic nitrogens is 1. The maximum absolute atomic E-state index is 12.1. The highest BCUT2D eigenvalue weighted by Gasteiger charge is 2.23. The van der Waals surface area contributed by atoms with E-state index in [9.17, 15) is 14.7 Å². The number of thiophene rings is 1. The van der Waals surface area contributed by atoms with Gasteiger partial charge in [-0.25, -0.2) is 14.6 Å². The van der Waals surface area contributed by atoms with Gasteiger partial charge in [0.1, 0.15) is 4.83 Å². The summed E-state index contributed by atoms with van der Waals surface area (Å²) in [6.07, 6.45) is 2.12. The summed E-state index contributed by atoms with van der Waals surface area (Å²) < 4.78 is 5.32. The third kappa shape index (κ3) is 4.33. The topological polar surface area (TPSA) is 112 Å². The maximum Gasteiger partial charge on any atom is 0.412 e. The fraction of sp³-hybridized carbons (Fsp3) is 0.263. The summed E-state index contributed by atoms with van der Waals surface area (Å²) in [6, 6.07) is 11.3. The number of nitriles is 1. The van der Waals surface area contributed by atoms with Crippen LogP contribution in [0.1, 0.15) is 35.4 Å². The van der Waals surface area contributed by atoms with Crippen molar-refractivity contribution >= 4 is 44.5 Å². The lowest BCUT2D eigenvalue weighted by Gasteiger charge is -2.07. The van der Waals surface area contributed by atoms with Crippen molar-refractivity contribution in [3.05, 3.63) is 35.2 Å². The highest BCUT2D eigenvalue weighted by atomic mass is 32.1. The van der Waals surface area contributed by atoms with E-state index in [0.29, 0.717) is 23.2 Å². The van der Waals surface area contributed by atoms with Crippen LogP contribution in [0.25, 0.3) is 21.1 Å². The molecule has 0 saturated carbocycles. The molecule has 0 aliphatic rings. The number of carbonyl (C=O) groups is 2. The quantitative estimate of drug-likeness (QED) is 0.588. The molecule has 0 aliphatic heterocycles. The summed E-state index contributed by atoms with van der Waals surface area (Å²) in [4.78, 5) is 28.6. The van der Waals surface area contributed by atoms with Crippen molar-refractivity contribution in [2.24, 2.45) is 0 Å². The lowest BCUT2D eigenvalue weighted by molar-refractivity contribution is 0.0700. The minimum absolute atomic E-state index is 0.0164. The zero-order valence-electron chi connectivity index (χ0n) is 14.4. The summed E-state index contributed by atoms with van der Waals surface area (Å²) in [5.74, 6) is -1.15. The van der Waals surface area contributed by atoms with Crippen molar-refractivity contribution in [3.63, 3.8) is 0 Å². The Labute approximate surface area is 159 Å². The van der Waals surface area contributed by atoms with Gasteiger partial charge in [-0.3, -0.25) is 0 Å². The monoisotopic (exact) mass is 383 g/mol. The Kier molecular flexibility index (Phi) is 5.84. The van der Waals surface area contributed by atoms with E-state index in [1.165, 1.54) is 0 Å². The average molecular weight is 383 g/mol. The zero-order valence-corrected chi connectivity index (χ0v) is 15.2. The number of nitrogens with one attached hydrogen (secondary N) is 1. The van der Waals surface area contributed by atoms with Crippen molar-refractivity contribution in [1.82, 2.24) is 10.3 Å². The number of para-hydroxylation sites is 1. The minimum atomic E-state index is -1.17. The van der Waals surface area contributed by atoms with Crippen molar-refractivity contribution in [3.8, 4) is 11.8 Å². The summed E-state index contributed by atoms with van der Waals surface area (Å²) >= 11 is 0.980. The number of fused-ring (bicyclic) bond motifs is 2. The number of benzene rings is 1. The molecule has 2 N–H and O–H groups in total. The van der Waals surface area contributed by atoms with Crippen LogP contribution in [0.4, 0.5) is 4.79 Å². The number of amides is 1. The van der Waals surface area contributed by atoms with Gasteiger partial charge in [0, 0.05) is 18.4 Å². The SMILES string of the molecule is N#CCCCCCNC(=O)Oc1c(C(=O)O)sc2nc3ccccc3cc12. The van der Waals surface area contributed by atoms with Crippen LogP contribution in [-0.4, -0.2) is 28.7 Å². The van der Waals surface area contributed by atoms with Gasteiger partial charge in [0.25, 0.3) is 0 Å². The average Bonchev–Trinajstić information content (AvgIpc) is 3.00. The van der Waals surface area contributed by atoms with Gasteiger partial charge < -0.3 is 15.2 Å². The number of nitrogens with zero attached hydrogens (tertiary/aromatic N) is 2. The molecule has 27 heavy (non-hydrogen) atoms. The first kappa shape index (κ1) is 18.6. The summed E-state index contributed by atoms with van der Waals surface area (Å²) in [5, 5.41) is 21.9. The first-order chi connectivity index (χ1) is 13.1. The highest BCUT2D eigenvalue weighted by molar-refractivity contribution is 7.20. The van der Waals surface area contributed by atoms with Gasteiger partial charge in [-0.2, -0.15) is 5.26 Å². The van der Waals surface area contributed by atoms with Crippen molar-refractivity contribution < 1.29 is 19.4 Å². The van der Waals surface area contributed by atoms with E-state index < -0.39 is 12.1 Å². The van der Waals surface area contributed by atoms with E-state index in [2.05, 4.69) is 16.4 Å². The predicted molar refractivity (Wildman–Crippen MR) is 102 cm³/mol. The fourth-order valence-electron chi connectivity index (χ4n) is 2.67. The molecule has 0 bridgehead atoms. The van der Waals surface area contributed by atoms with Gasteiger partial charge in [-0.15, -0.1) is 11.3 Å². The third-order valence-electron chi connectivity index (χ3n) is 3.96. The van der Waals surface area contributed by atoms with Gasteiger partial charge in [0.15, 0.2) is 10.6 Å². The molecule has 2 aromatic heterocycles. The zero-order chi connectivity index (χ0) is 19.2. The lowest BCUT2D eigenvalue weighted by Crippen LogP contribution is -2.28. The molecule has 3 aromatic rings. The Morgan fingerprint density at radius 2 is 2.07 bits per heavy atom. The number of unbranched alkanes of at least 4 members (excludes halogenated alkanes) is 3. The third-order valence-corrected chi connectivity index (χ3v) is 5.03. The van der Waals surface area contributed by atoms with Crippen molar-refractivity contribution in [2.75, 3.05) is 6.54 Å². The largest absolute Gasteiger partial charge is 0.477 e. The number of pyridine rings is 1. The molecule has 3 rings (SSSR count). The van der Waals surface area contributed by atoms with Crippen LogP contribution >= 0.6 is 11.3 Å². The first-order valence-electron chi connectivity index (χ1n) is 8.48. The van der Waals surface area contributed by atoms with E-state index in [-0.39, 0.29) is 10.6 Å². The van der Waals surface area contributed by atoms with Gasteiger partial charge in [-0.05, 0) is 25.0 Å². The van der Waals surface area contributed by atoms with E-state index in [1.807, 2.05) is 24.3 Å². The van der Waals surface area contributed by atoms with E-state index >= 15 is 0 Å². The molecule has 1 aromatic carbocycles. The van der Waals surface area contributed by atoms with Crippen molar-refractivity contribution in [2.45, 2.75) is 25.7 Å². The molecule has 0 fully saturated rings. The molecular formula is C19H17N3O4S. The second-order valence-corrected chi connectivity index (χ2v) is 6.88. The molecule has 7 nitrogen and oxygen atoms in total. The molecule has 2 heterocycles. The molecule has 0 radical (unpaired) electrons. The van der Waals surface area contributed by atoms with Crippen molar-refractivity contribution in [1.29, 1.82) is 5.26 Å². The van der Waals surface area contributed by atoms with Crippen LogP contribution in [0.5, 0.6) is 5.75 Å². The number of ether oxygens (including phenoxy) is 1. The number of hydrogen-bond acceptors (Lipinski definition) is 6. The highest BCUT2D eigenvalue weighted by Crippen LogP contribution is 2.38. The molecule has 0 saturated heterocycles. The lowest BCUT2D eigenvalue weighted by atomic mass is 10.2. The molecule has 138 valence electrons. The number of hydrogen-bond donors (Lipinski definition) is 2. The van der Waals surface area contributed by atoms with E-state index in [4.69, 9.17) is 10.00 Å². The number of carbonyl (C=O) groups excluding carboxylic acids is 1. The number of aromatic carboxylic acids is 1. The number of carboxylic acid groups (broad SMARTS) is 1. The van der Waals surface area contributed by atoms with E-state index in [1.54, 1.807) is 6.07 Å². The molecule has 0 spiro atoms. The smallest absolute Gasteiger partial charge is 0.412 e. The summed E-state index contributed by atoms with van der Waals surface area (Å²) in [6.45, 7) is 0.399. The standard InChI is InChI=1S/C19H17N3O4S/c20-9-5-1-2-6-10-21-19(25)26-15-13-11-12-7-3-4-8-14(12)22-17(13)27-16(15)18(23)24/h3-4,7-8,11H,1-2,5-6,10H2,(H,21,25)(H,23,24). The van der Waals surface area contributed by atoms with Gasteiger partial charge in [-0.1, -0.05) is 24.6 Å². The van der Waals surface area contributed by atoms with Crippen LogP contribution in [-0.2, 0) is 0 Å². The second kappa shape index (κ2) is 8.47. The maximum atomic E-state index is 12.1. The number of rotatable bonds is 7. The normalized spacial score (nSPS) is 10.6. The van der Waals surface area contributed by atoms with Crippen LogP contribution in [0, 0.1) is 11.3 Å². The molecule has 1 amide bonds. The van der Waals surface area contributed by atoms with Gasteiger partial charge in [0.05, 0.1) is 17.0 Å². The molecule has 0 atom stereocenters.